The lowest BCUT2D eigenvalue weighted by Gasteiger charge is -2.29. The van der Waals surface area contributed by atoms with Crippen LogP contribution >= 0.6 is 27.7 Å². The number of hydrogen-bond acceptors (Lipinski definition) is 3. The maximum atomic E-state index is 4.51. The van der Waals surface area contributed by atoms with Crippen molar-refractivity contribution < 1.29 is 0 Å². The van der Waals surface area contributed by atoms with Gasteiger partial charge in [0, 0.05) is 22.0 Å². The largest absolute Gasteiger partial charge is 0.313 e. The summed E-state index contributed by atoms with van der Waals surface area (Å²) >= 11 is 5.40. The van der Waals surface area contributed by atoms with Gasteiger partial charge in [-0.05, 0) is 47.4 Å². The third-order valence-corrected chi connectivity index (χ3v) is 5.46. The van der Waals surface area contributed by atoms with Gasteiger partial charge in [-0.25, -0.2) is 4.98 Å². The summed E-state index contributed by atoms with van der Waals surface area (Å²) in [4.78, 5) is 4.51. The zero-order valence-electron chi connectivity index (χ0n) is 11.6. The van der Waals surface area contributed by atoms with Crippen molar-refractivity contribution >= 4 is 27.7 Å². The van der Waals surface area contributed by atoms with Gasteiger partial charge in [0.1, 0.15) is 0 Å². The van der Waals surface area contributed by atoms with Gasteiger partial charge in [0.2, 0.25) is 0 Å². The quantitative estimate of drug-likeness (QED) is 0.862. The van der Waals surface area contributed by atoms with E-state index < -0.39 is 0 Å². The number of pyridine rings is 1. The summed E-state index contributed by atoms with van der Waals surface area (Å²) in [5, 5.41) is 5.49. The van der Waals surface area contributed by atoms with E-state index in [0.717, 1.165) is 16.0 Å². The Kier molecular flexibility index (Phi) is 6.68. The van der Waals surface area contributed by atoms with E-state index in [2.05, 4.69) is 45.3 Å². The molecule has 0 radical (unpaired) electrons. The van der Waals surface area contributed by atoms with Crippen molar-refractivity contribution in [2.45, 2.75) is 61.8 Å². The molecular weight excluding hydrogens is 320 g/mol. The number of thioether (sulfide) groups is 1. The highest BCUT2D eigenvalue weighted by atomic mass is 79.9. The summed E-state index contributed by atoms with van der Waals surface area (Å²) in [6, 6.07) is 4.84. The van der Waals surface area contributed by atoms with Crippen LogP contribution in [0.5, 0.6) is 0 Å². The predicted molar refractivity (Wildman–Crippen MR) is 86.7 cm³/mol. The molecule has 106 valence electrons. The van der Waals surface area contributed by atoms with E-state index in [0.29, 0.717) is 11.3 Å². The molecule has 2 unspecified atom stereocenters. The van der Waals surface area contributed by atoms with Gasteiger partial charge in [-0.15, -0.1) is 11.8 Å². The molecule has 1 heterocycles. The molecule has 0 spiro atoms. The van der Waals surface area contributed by atoms with Gasteiger partial charge in [0.25, 0.3) is 0 Å². The third-order valence-electron chi connectivity index (χ3n) is 3.64. The first-order chi connectivity index (χ1) is 9.29. The highest BCUT2D eigenvalue weighted by Crippen LogP contribution is 2.31. The Labute approximate surface area is 129 Å². The first kappa shape index (κ1) is 15.3. The lowest BCUT2D eigenvalue weighted by atomic mass is 9.96. The molecule has 4 heteroatoms. The Morgan fingerprint density at radius 1 is 1.26 bits per heavy atom. The van der Waals surface area contributed by atoms with Crippen LogP contribution in [0.4, 0.5) is 0 Å². The van der Waals surface area contributed by atoms with Crippen LogP contribution in [-0.2, 0) is 0 Å². The average Bonchev–Trinajstić information content (AvgIpc) is 2.39. The topological polar surface area (TPSA) is 24.9 Å². The Morgan fingerprint density at radius 3 is 2.74 bits per heavy atom. The van der Waals surface area contributed by atoms with Crippen LogP contribution in [-0.4, -0.2) is 22.8 Å². The average molecular weight is 343 g/mol. The summed E-state index contributed by atoms with van der Waals surface area (Å²) in [7, 11) is 0. The van der Waals surface area contributed by atoms with Crippen LogP contribution < -0.4 is 5.32 Å². The number of nitrogens with one attached hydrogen (secondary N) is 1. The van der Waals surface area contributed by atoms with Gasteiger partial charge in [0.05, 0.1) is 5.03 Å². The molecule has 0 bridgehead atoms. The monoisotopic (exact) mass is 342 g/mol. The Morgan fingerprint density at radius 2 is 2.05 bits per heavy atom. The van der Waals surface area contributed by atoms with Crippen LogP contribution in [0.3, 0.4) is 0 Å². The van der Waals surface area contributed by atoms with Gasteiger partial charge >= 0.3 is 0 Å². The van der Waals surface area contributed by atoms with Crippen molar-refractivity contribution in [1.29, 1.82) is 0 Å². The minimum atomic E-state index is 0.640. The molecule has 0 aromatic carbocycles. The molecule has 1 aromatic heterocycles. The van der Waals surface area contributed by atoms with Gasteiger partial charge in [-0.2, -0.15) is 0 Å². The van der Waals surface area contributed by atoms with Crippen LogP contribution in [0.25, 0.3) is 0 Å². The molecule has 1 aliphatic carbocycles. The highest BCUT2D eigenvalue weighted by Gasteiger charge is 2.23. The van der Waals surface area contributed by atoms with E-state index in [1.54, 1.807) is 0 Å². The molecular formula is C15H23BrN2S. The summed E-state index contributed by atoms with van der Waals surface area (Å²) in [5.41, 5.74) is 0. The molecule has 1 fully saturated rings. The van der Waals surface area contributed by atoms with Crippen LogP contribution in [0.2, 0.25) is 0 Å². The predicted octanol–water partition coefficient (Wildman–Crippen LogP) is 4.64. The van der Waals surface area contributed by atoms with E-state index in [9.17, 15) is 0 Å². The molecule has 1 aromatic rings. The summed E-state index contributed by atoms with van der Waals surface area (Å²) in [5.74, 6) is 0. The molecule has 19 heavy (non-hydrogen) atoms. The van der Waals surface area contributed by atoms with Crippen LogP contribution in [0.15, 0.2) is 27.8 Å². The molecule has 2 nitrogen and oxygen atoms in total. The number of nitrogens with zero attached hydrogens (tertiary/aromatic N) is 1. The van der Waals surface area contributed by atoms with Crippen molar-refractivity contribution in [2.75, 3.05) is 6.54 Å². The lowest BCUT2D eigenvalue weighted by Crippen LogP contribution is -2.38. The maximum absolute atomic E-state index is 4.51. The van der Waals surface area contributed by atoms with Crippen molar-refractivity contribution in [3.8, 4) is 0 Å². The van der Waals surface area contributed by atoms with Gasteiger partial charge < -0.3 is 5.32 Å². The molecule has 2 atom stereocenters. The number of rotatable bonds is 4. The van der Waals surface area contributed by atoms with E-state index in [4.69, 9.17) is 0 Å². The number of hydrogen-bond donors (Lipinski definition) is 1. The van der Waals surface area contributed by atoms with E-state index in [-0.39, 0.29) is 0 Å². The first-order valence-corrected chi connectivity index (χ1v) is 8.98. The zero-order valence-corrected chi connectivity index (χ0v) is 14.0. The van der Waals surface area contributed by atoms with Gasteiger partial charge in [0.15, 0.2) is 0 Å². The smallest absolute Gasteiger partial charge is 0.0963 e. The Hall–Kier alpha value is -0.0600. The lowest BCUT2D eigenvalue weighted by molar-refractivity contribution is 0.406. The maximum Gasteiger partial charge on any atom is 0.0963 e. The first-order valence-electron chi connectivity index (χ1n) is 7.31. The Bertz CT molecular complexity index is 369. The minimum Gasteiger partial charge on any atom is -0.313 e. The molecule has 0 aliphatic heterocycles. The molecule has 1 aliphatic rings. The zero-order chi connectivity index (χ0) is 13.5. The SMILES string of the molecule is CCNC1CCCCCCC1Sc1ccc(Br)cn1. The minimum absolute atomic E-state index is 0.640. The van der Waals surface area contributed by atoms with E-state index >= 15 is 0 Å². The van der Waals surface area contributed by atoms with Crippen molar-refractivity contribution in [1.82, 2.24) is 10.3 Å². The summed E-state index contributed by atoms with van der Waals surface area (Å²) < 4.78 is 1.05. The normalized spacial score (nSPS) is 24.7. The van der Waals surface area contributed by atoms with Crippen LogP contribution in [0, 0.1) is 0 Å². The van der Waals surface area contributed by atoms with Crippen molar-refractivity contribution in [3.63, 3.8) is 0 Å². The second-order valence-corrected chi connectivity index (χ2v) is 7.30. The third kappa shape index (κ3) is 5.09. The van der Waals surface area contributed by atoms with Crippen molar-refractivity contribution in [2.24, 2.45) is 0 Å². The molecule has 1 N–H and O–H groups in total. The van der Waals surface area contributed by atoms with E-state index in [1.807, 2.05) is 18.0 Å². The van der Waals surface area contributed by atoms with Gasteiger partial charge in [-0.3, -0.25) is 0 Å². The van der Waals surface area contributed by atoms with Crippen LogP contribution in [0.1, 0.15) is 45.4 Å². The fraction of sp³-hybridized carbons (Fsp3) is 0.667. The fourth-order valence-corrected chi connectivity index (χ4v) is 4.16. The van der Waals surface area contributed by atoms with Gasteiger partial charge in [-0.1, -0.05) is 32.6 Å². The second-order valence-electron chi connectivity index (χ2n) is 5.13. The molecule has 0 saturated heterocycles. The molecule has 1 saturated carbocycles. The second kappa shape index (κ2) is 8.28. The highest BCUT2D eigenvalue weighted by molar-refractivity contribution is 9.10. The number of halogens is 1. The molecule has 2 rings (SSSR count). The van der Waals surface area contributed by atoms with Crippen molar-refractivity contribution in [3.05, 3.63) is 22.8 Å². The number of aromatic nitrogens is 1. The van der Waals surface area contributed by atoms with E-state index in [1.165, 1.54) is 38.5 Å². The standard InChI is InChI=1S/C15H23BrN2S/c1-2-17-13-7-5-3-4-6-8-14(13)19-15-10-9-12(16)11-18-15/h9-11,13-14,17H,2-8H2,1H3. The Balaban J connectivity index is 2.01. The molecule has 0 amide bonds. The summed E-state index contributed by atoms with van der Waals surface area (Å²) in [6.45, 7) is 3.27. The summed E-state index contributed by atoms with van der Waals surface area (Å²) in [6.07, 6.45) is 10.0. The fourth-order valence-electron chi connectivity index (χ4n) is 2.67.